The van der Waals surface area contributed by atoms with E-state index in [0.717, 1.165) is 12.8 Å². The third-order valence-electron chi connectivity index (χ3n) is 3.39. The highest BCUT2D eigenvalue weighted by Crippen LogP contribution is 2.33. The summed E-state index contributed by atoms with van der Waals surface area (Å²) < 4.78 is 1.85. The Kier molecular flexibility index (Phi) is 3.23. The monoisotopic (exact) mass is 233 g/mol. The summed E-state index contributed by atoms with van der Waals surface area (Å²) >= 11 is 0. The highest BCUT2D eigenvalue weighted by atomic mass is 15.4. The van der Waals surface area contributed by atoms with Crippen molar-refractivity contribution in [2.45, 2.75) is 38.1 Å². The second-order valence-corrected chi connectivity index (χ2v) is 4.83. The molecule has 5 heteroatoms. The van der Waals surface area contributed by atoms with Crippen LogP contribution in [0.15, 0.2) is 0 Å². The van der Waals surface area contributed by atoms with Crippen LogP contribution in [0.1, 0.15) is 43.7 Å². The van der Waals surface area contributed by atoms with Crippen LogP contribution in [0.2, 0.25) is 0 Å². The normalized spacial score (nSPS) is 16.8. The SMILES string of the molecule is CN(C)c1nn(C2CCCCC2)c(N)c1C#N. The molecule has 5 nitrogen and oxygen atoms in total. The summed E-state index contributed by atoms with van der Waals surface area (Å²) in [6.07, 6.45) is 5.98. The van der Waals surface area contributed by atoms with Gasteiger partial charge in [-0.3, -0.25) is 0 Å². The minimum absolute atomic E-state index is 0.365. The van der Waals surface area contributed by atoms with Crippen LogP contribution >= 0.6 is 0 Å². The van der Waals surface area contributed by atoms with Crippen LogP contribution < -0.4 is 10.6 Å². The fourth-order valence-corrected chi connectivity index (χ4v) is 2.46. The average molecular weight is 233 g/mol. The lowest BCUT2D eigenvalue weighted by atomic mass is 9.96. The van der Waals surface area contributed by atoms with Gasteiger partial charge in [-0.1, -0.05) is 19.3 Å². The standard InChI is InChI=1S/C12H19N5/c1-16(2)12-10(8-13)11(14)17(15-12)9-6-4-3-5-7-9/h9H,3-7,14H2,1-2H3. The van der Waals surface area contributed by atoms with Gasteiger partial charge in [-0.05, 0) is 12.8 Å². The van der Waals surface area contributed by atoms with Crippen molar-refractivity contribution in [3.8, 4) is 6.07 Å². The maximum Gasteiger partial charge on any atom is 0.170 e. The summed E-state index contributed by atoms with van der Waals surface area (Å²) in [5.41, 5.74) is 6.54. The molecule has 0 amide bonds. The molecule has 0 radical (unpaired) electrons. The molecule has 1 aromatic rings. The van der Waals surface area contributed by atoms with Crippen molar-refractivity contribution in [2.24, 2.45) is 0 Å². The summed E-state index contributed by atoms with van der Waals surface area (Å²) in [5.74, 6) is 1.19. The van der Waals surface area contributed by atoms with Gasteiger partial charge >= 0.3 is 0 Å². The van der Waals surface area contributed by atoms with Gasteiger partial charge in [0, 0.05) is 14.1 Å². The van der Waals surface area contributed by atoms with Crippen LogP contribution in [0, 0.1) is 11.3 Å². The molecule has 0 aliphatic heterocycles. The number of nitrogen functional groups attached to an aromatic ring is 1. The van der Waals surface area contributed by atoms with E-state index in [1.54, 1.807) is 0 Å². The number of nitrogens with two attached hydrogens (primary N) is 1. The summed E-state index contributed by atoms with van der Waals surface area (Å²) in [7, 11) is 3.77. The molecule has 0 bridgehead atoms. The molecule has 17 heavy (non-hydrogen) atoms. The Labute approximate surface area is 102 Å². The minimum atomic E-state index is 0.365. The number of anilines is 2. The molecule has 1 aromatic heterocycles. The van der Waals surface area contributed by atoms with E-state index in [9.17, 15) is 0 Å². The van der Waals surface area contributed by atoms with Crippen molar-refractivity contribution in [2.75, 3.05) is 24.7 Å². The first-order valence-electron chi connectivity index (χ1n) is 6.10. The molecule has 92 valence electrons. The number of nitrogens with zero attached hydrogens (tertiary/aromatic N) is 4. The second kappa shape index (κ2) is 4.66. The van der Waals surface area contributed by atoms with Crippen molar-refractivity contribution in [3.05, 3.63) is 5.56 Å². The van der Waals surface area contributed by atoms with E-state index in [2.05, 4.69) is 11.2 Å². The molecule has 0 spiro atoms. The largest absolute Gasteiger partial charge is 0.383 e. The quantitative estimate of drug-likeness (QED) is 0.847. The van der Waals surface area contributed by atoms with Gasteiger partial charge in [-0.2, -0.15) is 10.4 Å². The van der Waals surface area contributed by atoms with Crippen molar-refractivity contribution >= 4 is 11.6 Å². The van der Waals surface area contributed by atoms with Gasteiger partial charge in [0.25, 0.3) is 0 Å². The van der Waals surface area contributed by atoms with Crippen LogP contribution in [0.5, 0.6) is 0 Å². The van der Waals surface area contributed by atoms with Gasteiger partial charge in [-0.15, -0.1) is 0 Å². The molecule has 0 atom stereocenters. The molecule has 1 aliphatic carbocycles. The fourth-order valence-electron chi connectivity index (χ4n) is 2.46. The smallest absolute Gasteiger partial charge is 0.170 e. The van der Waals surface area contributed by atoms with Gasteiger partial charge in [0.2, 0.25) is 0 Å². The first-order valence-corrected chi connectivity index (χ1v) is 6.10. The Morgan fingerprint density at radius 2 is 2.00 bits per heavy atom. The van der Waals surface area contributed by atoms with E-state index < -0.39 is 0 Å². The van der Waals surface area contributed by atoms with Gasteiger partial charge < -0.3 is 10.6 Å². The summed E-state index contributed by atoms with van der Waals surface area (Å²) in [4.78, 5) is 1.84. The van der Waals surface area contributed by atoms with Crippen molar-refractivity contribution in [3.63, 3.8) is 0 Å². The summed E-state index contributed by atoms with van der Waals surface area (Å²) in [6, 6.07) is 2.52. The zero-order chi connectivity index (χ0) is 12.4. The molecule has 2 N–H and O–H groups in total. The first kappa shape index (κ1) is 11.8. The molecule has 0 saturated heterocycles. The predicted octanol–water partition coefficient (Wildman–Crippen LogP) is 1.91. The molecule has 0 unspecified atom stereocenters. The summed E-state index contributed by atoms with van der Waals surface area (Å²) in [6.45, 7) is 0. The maximum absolute atomic E-state index is 9.15. The lowest BCUT2D eigenvalue weighted by Crippen LogP contribution is -2.17. The number of hydrogen-bond donors (Lipinski definition) is 1. The zero-order valence-corrected chi connectivity index (χ0v) is 10.5. The highest BCUT2D eigenvalue weighted by molar-refractivity contribution is 5.64. The third kappa shape index (κ3) is 2.07. The van der Waals surface area contributed by atoms with Gasteiger partial charge in [0.15, 0.2) is 5.82 Å². The van der Waals surface area contributed by atoms with Crippen LogP contribution in [0.25, 0.3) is 0 Å². The molecule has 1 heterocycles. The topological polar surface area (TPSA) is 70.9 Å². The van der Waals surface area contributed by atoms with E-state index in [1.165, 1.54) is 19.3 Å². The number of hydrogen-bond acceptors (Lipinski definition) is 4. The van der Waals surface area contributed by atoms with E-state index in [1.807, 2.05) is 23.7 Å². The summed E-state index contributed by atoms with van der Waals surface area (Å²) in [5, 5.41) is 13.6. The van der Waals surface area contributed by atoms with Crippen molar-refractivity contribution in [1.82, 2.24) is 9.78 Å². The van der Waals surface area contributed by atoms with Crippen LogP contribution in [-0.2, 0) is 0 Å². The van der Waals surface area contributed by atoms with Crippen LogP contribution in [0.4, 0.5) is 11.6 Å². The molecule has 1 saturated carbocycles. The Hall–Kier alpha value is -1.70. The molecule has 0 aromatic carbocycles. The zero-order valence-electron chi connectivity index (χ0n) is 10.5. The fraction of sp³-hybridized carbons (Fsp3) is 0.667. The lowest BCUT2D eigenvalue weighted by Gasteiger charge is -2.22. The van der Waals surface area contributed by atoms with Gasteiger partial charge in [-0.25, -0.2) is 4.68 Å². The van der Waals surface area contributed by atoms with Crippen LogP contribution in [-0.4, -0.2) is 23.9 Å². The maximum atomic E-state index is 9.15. The number of rotatable bonds is 2. The van der Waals surface area contributed by atoms with Crippen LogP contribution in [0.3, 0.4) is 0 Å². The minimum Gasteiger partial charge on any atom is -0.383 e. The van der Waals surface area contributed by atoms with E-state index >= 15 is 0 Å². The first-order chi connectivity index (χ1) is 8.15. The molecule has 1 aliphatic rings. The Morgan fingerprint density at radius 1 is 1.35 bits per heavy atom. The van der Waals surface area contributed by atoms with Crippen molar-refractivity contribution < 1.29 is 0 Å². The highest BCUT2D eigenvalue weighted by Gasteiger charge is 2.23. The van der Waals surface area contributed by atoms with E-state index in [-0.39, 0.29) is 0 Å². The van der Waals surface area contributed by atoms with E-state index in [4.69, 9.17) is 11.0 Å². The Bertz CT molecular complexity index is 434. The van der Waals surface area contributed by atoms with Crippen molar-refractivity contribution in [1.29, 1.82) is 5.26 Å². The average Bonchev–Trinajstić information content (AvgIpc) is 2.67. The molecule has 1 fully saturated rings. The van der Waals surface area contributed by atoms with Gasteiger partial charge in [0.05, 0.1) is 6.04 Å². The van der Waals surface area contributed by atoms with Gasteiger partial charge in [0.1, 0.15) is 17.5 Å². The second-order valence-electron chi connectivity index (χ2n) is 4.83. The molecular weight excluding hydrogens is 214 g/mol. The van der Waals surface area contributed by atoms with E-state index in [0.29, 0.717) is 23.2 Å². The lowest BCUT2D eigenvalue weighted by molar-refractivity contribution is 0.333. The third-order valence-corrected chi connectivity index (χ3v) is 3.39. The Balaban J connectivity index is 2.38. The predicted molar refractivity (Wildman–Crippen MR) is 67.8 cm³/mol. The molecular formula is C12H19N5. The number of nitriles is 1. The number of aromatic nitrogens is 2. The Morgan fingerprint density at radius 3 is 2.47 bits per heavy atom. The molecule has 2 rings (SSSR count).